The predicted octanol–water partition coefficient (Wildman–Crippen LogP) is -0.0438. The molecule has 3 N–H and O–H groups in total. The molecule has 1 aliphatic heterocycles. The fourth-order valence-electron chi connectivity index (χ4n) is 2.03. The van der Waals surface area contributed by atoms with Gasteiger partial charge in [-0.05, 0) is 37.8 Å². The van der Waals surface area contributed by atoms with E-state index in [9.17, 15) is 9.90 Å². The Balaban J connectivity index is 2.40. The van der Waals surface area contributed by atoms with Crippen LogP contribution in [0.15, 0.2) is 0 Å². The first-order valence-corrected chi connectivity index (χ1v) is 5.23. The minimum Gasteiger partial charge on any atom is -0.396 e. The Labute approximate surface area is 85.1 Å². The first-order chi connectivity index (χ1) is 6.62. The Morgan fingerprint density at radius 2 is 2.07 bits per heavy atom. The van der Waals surface area contributed by atoms with Crippen LogP contribution < -0.4 is 5.73 Å². The number of aliphatic hydroxyl groups is 1. The Morgan fingerprint density at radius 3 is 2.43 bits per heavy atom. The molecular weight excluding hydrogens is 180 g/mol. The van der Waals surface area contributed by atoms with E-state index in [4.69, 9.17) is 5.73 Å². The quantitative estimate of drug-likeness (QED) is 0.669. The molecule has 0 unspecified atom stereocenters. The van der Waals surface area contributed by atoms with Crippen molar-refractivity contribution < 1.29 is 9.90 Å². The molecule has 0 aliphatic carbocycles. The predicted molar refractivity (Wildman–Crippen MR) is 54.7 cm³/mol. The molecule has 1 aliphatic rings. The highest BCUT2D eigenvalue weighted by Gasteiger charge is 2.32. The number of nitrogens with two attached hydrogens (primary N) is 1. The zero-order valence-corrected chi connectivity index (χ0v) is 8.83. The second-order valence-corrected chi connectivity index (χ2v) is 4.25. The molecule has 0 radical (unpaired) electrons. The number of primary amides is 1. The number of piperidine rings is 1. The molecule has 0 spiro atoms. The Kier molecular flexibility index (Phi) is 3.89. The van der Waals surface area contributed by atoms with Crippen LogP contribution in [0.1, 0.15) is 26.2 Å². The summed E-state index contributed by atoms with van der Waals surface area (Å²) in [4.78, 5) is 12.8. The lowest BCUT2D eigenvalue weighted by atomic mass is 9.77. The fourth-order valence-corrected chi connectivity index (χ4v) is 2.03. The van der Waals surface area contributed by atoms with E-state index in [1.165, 1.54) is 0 Å². The summed E-state index contributed by atoms with van der Waals surface area (Å²) >= 11 is 0. The maximum atomic E-state index is 10.7. The van der Waals surface area contributed by atoms with E-state index in [1.54, 1.807) is 0 Å². The highest BCUT2D eigenvalue weighted by molar-refractivity contribution is 5.75. The monoisotopic (exact) mass is 200 g/mol. The number of rotatable bonds is 4. The van der Waals surface area contributed by atoms with Gasteiger partial charge in [-0.3, -0.25) is 9.69 Å². The summed E-state index contributed by atoms with van der Waals surface area (Å²) in [5, 5.41) is 9.30. The topological polar surface area (TPSA) is 66.6 Å². The minimum atomic E-state index is -0.266. The smallest absolute Gasteiger partial charge is 0.231 e. The number of aliphatic hydroxyl groups excluding tert-OH is 1. The van der Waals surface area contributed by atoms with E-state index >= 15 is 0 Å². The molecule has 0 aromatic heterocycles. The van der Waals surface area contributed by atoms with Crippen LogP contribution in [0.25, 0.3) is 0 Å². The van der Waals surface area contributed by atoms with E-state index in [-0.39, 0.29) is 17.9 Å². The third kappa shape index (κ3) is 2.69. The van der Waals surface area contributed by atoms with Gasteiger partial charge in [0.1, 0.15) is 0 Å². The molecule has 1 amide bonds. The van der Waals surface area contributed by atoms with Crippen LogP contribution in [0.3, 0.4) is 0 Å². The molecule has 1 fully saturated rings. The van der Waals surface area contributed by atoms with Crippen molar-refractivity contribution in [2.24, 2.45) is 11.1 Å². The first-order valence-electron chi connectivity index (χ1n) is 5.23. The minimum absolute atomic E-state index is 0.0914. The molecule has 1 heterocycles. The Morgan fingerprint density at radius 1 is 1.50 bits per heavy atom. The molecule has 4 heteroatoms. The number of carbonyl (C=O) groups excluding carboxylic acids is 1. The molecule has 0 saturated carbocycles. The third-order valence-corrected chi connectivity index (χ3v) is 3.38. The van der Waals surface area contributed by atoms with Gasteiger partial charge in [-0.25, -0.2) is 0 Å². The highest BCUT2D eigenvalue weighted by atomic mass is 16.3. The zero-order chi connectivity index (χ0) is 10.6. The van der Waals surface area contributed by atoms with E-state index in [2.05, 4.69) is 11.8 Å². The number of nitrogens with zero attached hydrogens (tertiary/aromatic N) is 1. The van der Waals surface area contributed by atoms with Gasteiger partial charge in [-0.1, -0.05) is 6.92 Å². The molecule has 0 bridgehead atoms. The van der Waals surface area contributed by atoms with Crippen molar-refractivity contribution >= 4 is 5.91 Å². The summed E-state index contributed by atoms with van der Waals surface area (Å²) in [5.41, 5.74) is 5.22. The van der Waals surface area contributed by atoms with E-state index < -0.39 is 0 Å². The van der Waals surface area contributed by atoms with Crippen LogP contribution in [0, 0.1) is 5.41 Å². The summed E-state index contributed by atoms with van der Waals surface area (Å²) in [6.45, 7) is 4.47. The van der Waals surface area contributed by atoms with Crippen LogP contribution >= 0.6 is 0 Å². The summed E-state index contributed by atoms with van der Waals surface area (Å²) in [7, 11) is 0. The molecule has 0 aromatic carbocycles. The SMILES string of the molecule is CCC1(CO)CCN(CC(N)=O)CC1. The average Bonchev–Trinajstić information content (AvgIpc) is 2.19. The van der Waals surface area contributed by atoms with E-state index in [0.29, 0.717) is 6.54 Å². The molecule has 0 atom stereocenters. The van der Waals surface area contributed by atoms with E-state index in [1.807, 2.05) is 0 Å². The molecule has 82 valence electrons. The van der Waals surface area contributed by atoms with Crippen LogP contribution in [0.4, 0.5) is 0 Å². The van der Waals surface area contributed by atoms with Gasteiger partial charge in [0.25, 0.3) is 0 Å². The molecule has 0 aromatic rings. The Bertz CT molecular complexity index is 192. The molecule has 1 saturated heterocycles. The van der Waals surface area contributed by atoms with Gasteiger partial charge >= 0.3 is 0 Å². The lowest BCUT2D eigenvalue weighted by molar-refractivity contribution is -0.119. The third-order valence-electron chi connectivity index (χ3n) is 3.38. The van der Waals surface area contributed by atoms with Crippen molar-refractivity contribution in [2.75, 3.05) is 26.2 Å². The van der Waals surface area contributed by atoms with Crippen LogP contribution in [0.2, 0.25) is 0 Å². The number of amides is 1. The van der Waals surface area contributed by atoms with Crippen LogP contribution in [-0.2, 0) is 4.79 Å². The lowest BCUT2D eigenvalue weighted by Gasteiger charge is -2.39. The number of carbonyl (C=O) groups is 1. The van der Waals surface area contributed by atoms with Crippen molar-refractivity contribution in [2.45, 2.75) is 26.2 Å². The second-order valence-electron chi connectivity index (χ2n) is 4.25. The molecule has 1 rings (SSSR count). The maximum absolute atomic E-state index is 10.7. The maximum Gasteiger partial charge on any atom is 0.231 e. The zero-order valence-electron chi connectivity index (χ0n) is 8.83. The highest BCUT2D eigenvalue weighted by Crippen LogP contribution is 2.33. The van der Waals surface area contributed by atoms with Crippen molar-refractivity contribution in [3.8, 4) is 0 Å². The normalized spacial score (nSPS) is 22.1. The van der Waals surface area contributed by atoms with Gasteiger partial charge in [0.05, 0.1) is 6.54 Å². The lowest BCUT2D eigenvalue weighted by Crippen LogP contribution is -2.44. The van der Waals surface area contributed by atoms with Gasteiger partial charge in [0.2, 0.25) is 5.91 Å². The first kappa shape index (κ1) is 11.5. The van der Waals surface area contributed by atoms with Crippen molar-refractivity contribution in [3.05, 3.63) is 0 Å². The standard InChI is InChI=1S/C10H20N2O2/c1-2-10(8-13)3-5-12(6-4-10)7-9(11)14/h13H,2-8H2,1H3,(H2,11,14). The van der Waals surface area contributed by atoms with Crippen molar-refractivity contribution in [3.63, 3.8) is 0 Å². The largest absolute Gasteiger partial charge is 0.396 e. The summed E-state index contributed by atoms with van der Waals surface area (Å²) in [6.07, 6.45) is 2.94. The summed E-state index contributed by atoms with van der Waals surface area (Å²) in [5.74, 6) is -0.266. The molecule has 4 nitrogen and oxygen atoms in total. The fraction of sp³-hybridized carbons (Fsp3) is 0.900. The van der Waals surface area contributed by atoms with Gasteiger partial charge in [-0.15, -0.1) is 0 Å². The van der Waals surface area contributed by atoms with Crippen LogP contribution in [0.5, 0.6) is 0 Å². The van der Waals surface area contributed by atoms with Gasteiger partial charge in [-0.2, -0.15) is 0 Å². The Hall–Kier alpha value is -0.610. The van der Waals surface area contributed by atoms with E-state index in [0.717, 1.165) is 32.4 Å². The van der Waals surface area contributed by atoms with Crippen molar-refractivity contribution in [1.82, 2.24) is 4.90 Å². The van der Waals surface area contributed by atoms with Crippen molar-refractivity contribution in [1.29, 1.82) is 0 Å². The van der Waals surface area contributed by atoms with Gasteiger partial charge in [0.15, 0.2) is 0 Å². The summed E-state index contributed by atoms with van der Waals surface area (Å²) in [6, 6.07) is 0. The second kappa shape index (κ2) is 4.75. The molecular formula is C10H20N2O2. The summed E-state index contributed by atoms with van der Waals surface area (Å²) < 4.78 is 0. The number of likely N-dealkylation sites (tertiary alicyclic amines) is 1. The van der Waals surface area contributed by atoms with Crippen LogP contribution in [-0.4, -0.2) is 42.2 Å². The number of hydrogen-bond donors (Lipinski definition) is 2. The van der Waals surface area contributed by atoms with Gasteiger partial charge in [0, 0.05) is 6.61 Å². The molecule has 14 heavy (non-hydrogen) atoms. The van der Waals surface area contributed by atoms with Gasteiger partial charge < -0.3 is 10.8 Å². The number of hydrogen-bond acceptors (Lipinski definition) is 3. The average molecular weight is 200 g/mol.